The van der Waals surface area contributed by atoms with Gasteiger partial charge in [-0.15, -0.1) is 0 Å². The van der Waals surface area contributed by atoms with Crippen molar-refractivity contribution in [3.05, 3.63) is 35.9 Å². The summed E-state index contributed by atoms with van der Waals surface area (Å²) >= 11 is 0. The topological polar surface area (TPSA) is 78.4 Å². The molecule has 0 aliphatic carbocycles. The van der Waals surface area contributed by atoms with Gasteiger partial charge in [0.1, 0.15) is 0 Å². The second-order valence-electron chi connectivity index (χ2n) is 5.61. The van der Waals surface area contributed by atoms with Crippen LogP contribution in [0.1, 0.15) is 39.7 Å². The average Bonchev–Trinajstić information content (AvgIpc) is 2.38. The van der Waals surface area contributed by atoms with E-state index in [1.54, 1.807) is 30.3 Å². The van der Waals surface area contributed by atoms with Gasteiger partial charge in [-0.25, -0.2) is 9.59 Å². The van der Waals surface area contributed by atoms with E-state index in [-0.39, 0.29) is 5.54 Å². The third-order valence-corrected chi connectivity index (χ3v) is 3.48. The van der Waals surface area contributed by atoms with Crippen molar-refractivity contribution in [2.24, 2.45) is 0 Å². The van der Waals surface area contributed by atoms with E-state index in [2.05, 4.69) is 10.6 Å². The van der Waals surface area contributed by atoms with Crippen molar-refractivity contribution in [3.8, 4) is 0 Å². The largest absolute Gasteiger partial charge is 0.479 e. The molecule has 0 heterocycles. The van der Waals surface area contributed by atoms with Gasteiger partial charge in [-0.2, -0.15) is 0 Å². The van der Waals surface area contributed by atoms with Crippen LogP contribution in [-0.2, 0) is 10.3 Å². The predicted molar refractivity (Wildman–Crippen MR) is 77.5 cm³/mol. The van der Waals surface area contributed by atoms with Crippen molar-refractivity contribution >= 4 is 12.0 Å². The van der Waals surface area contributed by atoms with Crippen LogP contribution in [0, 0.1) is 0 Å². The van der Waals surface area contributed by atoms with Crippen LogP contribution >= 0.6 is 0 Å². The summed E-state index contributed by atoms with van der Waals surface area (Å²) in [6.07, 6.45) is 0.746. The van der Waals surface area contributed by atoms with Gasteiger partial charge in [-0.1, -0.05) is 37.3 Å². The molecule has 0 saturated heterocycles. The van der Waals surface area contributed by atoms with Crippen LogP contribution in [0.15, 0.2) is 30.3 Å². The smallest absolute Gasteiger partial charge is 0.333 e. The van der Waals surface area contributed by atoms with E-state index in [0.29, 0.717) is 5.56 Å². The molecule has 1 atom stereocenters. The number of carbonyl (C=O) groups excluding carboxylic acids is 1. The summed E-state index contributed by atoms with van der Waals surface area (Å²) in [7, 11) is 0. The molecule has 1 aromatic carbocycles. The lowest BCUT2D eigenvalue weighted by Crippen LogP contribution is -2.56. The molecule has 0 aliphatic heterocycles. The zero-order valence-electron chi connectivity index (χ0n) is 12.4. The van der Waals surface area contributed by atoms with Gasteiger partial charge in [0.15, 0.2) is 5.54 Å². The Kier molecular flexibility index (Phi) is 4.76. The highest BCUT2D eigenvalue weighted by molar-refractivity contribution is 5.87. The maximum Gasteiger partial charge on any atom is 0.333 e. The first kappa shape index (κ1) is 16.0. The summed E-state index contributed by atoms with van der Waals surface area (Å²) in [4.78, 5) is 23.6. The third kappa shape index (κ3) is 3.73. The second-order valence-corrected chi connectivity index (χ2v) is 5.61. The minimum atomic E-state index is -1.46. The Bertz CT molecular complexity index is 485. The lowest BCUT2D eigenvalue weighted by Gasteiger charge is -2.30. The van der Waals surface area contributed by atoms with Crippen LogP contribution < -0.4 is 10.6 Å². The molecule has 1 unspecified atom stereocenters. The lowest BCUT2D eigenvalue weighted by atomic mass is 9.92. The fourth-order valence-electron chi connectivity index (χ4n) is 1.67. The number of amides is 2. The van der Waals surface area contributed by atoms with Crippen molar-refractivity contribution in [1.82, 2.24) is 10.6 Å². The molecule has 0 spiro atoms. The second kappa shape index (κ2) is 5.94. The van der Waals surface area contributed by atoms with E-state index in [1.807, 2.05) is 20.8 Å². The van der Waals surface area contributed by atoms with E-state index in [4.69, 9.17) is 0 Å². The van der Waals surface area contributed by atoms with Gasteiger partial charge in [-0.05, 0) is 32.8 Å². The Hall–Kier alpha value is -2.04. The monoisotopic (exact) mass is 278 g/mol. The van der Waals surface area contributed by atoms with E-state index < -0.39 is 17.5 Å². The van der Waals surface area contributed by atoms with Gasteiger partial charge in [-0.3, -0.25) is 0 Å². The highest BCUT2D eigenvalue weighted by atomic mass is 16.4. The van der Waals surface area contributed by atoms with Gasteiger partial charge in [0, 0.05) is 5.54 Å². The molecule has 5 heteroatoms. The highest BCUT2D eigenvalue weighted by Gasteiger charge is 2.37. The molecule has 0 saturated carbocycles. The van der Waals surface area contributed by atoms with E-state index in [0.717, 1.165) is 6.42 Å². The van der Waals surface area contributed by atoms with Crippen molar-refractivity contribution < 1.29 is 14.7 Å². The molecule has 1 rings (SSSR count). The van der Waals surface area contributed by atoms with Crippen molar-refractivity contribution in [3.63, 3.8) is 0 Å². The fraction of sp³-hybridized carbons (Fsp3) is 0.467. The standard InChI is InChI=1S/C15H22N2O3/c1-5-14(2,3)16-13(20)17-15(4,12(18)19)11-9-7-6-8-10-11/h6-10H,5H2,1-4H3,(H,18,19)(H2,16,17,20). The van der Waals surface area contributed by atoms with Gasteiger partial charge >= 0.3 is 12.0 Å². The summed E-state index contributed by atoms with van der Waals surface area (Å²) in [6.45, 7) is 7.19. The number of rotatable bonds is 5. The summed E-state index contributed by atoms with van der Waals surface area (Å²) in [6, 6.07) is 8.15. The minimum absolute atomic E-state index is 0.389. The molecule has 2 amide bonds. The molecule has 5 nitrogen and oxygen atoms in total. The molecule has 3 N–H and O–H groups in total. The van der Waals surface area contributed by atoms with Crippen LogP contribution in [-0.4, -0.2) is 22.6 Å². The molecule has 110 valence electrons. The quantitative estimate of drug-likeness (QED) is 0.774. The average molecular weight is 278 g/mol. The molecule has 0 aliphatic rings. The first-order valence-electron chi connectivity index (χ1n) is 6.60. The number of nitrogens with one attached hydrogen (secondary N) is 2. The number of carbonyl (C=O) groups is 2. The van der Waals surface area contributed by atoms with Gasteiger partial charge < -0.3 is 15.7 Å². The molecular weight excluding hydrogens is 256 g/mol. The number of carboxylic acids is 1. The highest BCUT2D eigenvalue weighted by Crippen LogP contribution is 2.21. The SMILES string of the molecule is CCC(C)(C)NC(=O)NC(C)(C(=O)O)c1ccccc1. The van der Waals surface area contributed by atoms with Crippen molar-refractivity contribution in [2.45, 2.75) is 45.2 Å². The Morgan fingerprint density at radius 2 is 1.65 bits per heavy atom. The summed E-state index contributed by atoms with van der Waals surface area (Å²) in [5.41, 5.74) is -1.33. The lowest BCUT2D eigenvalue weighted by molar-refractivity contribution is -0.144. The van der Waals surface area contributed by atoms with E-state index in [9.17, 15) is 14.7 Å². The Labute approximate surface area is 119 Å². The van der Waals surface area contributed by atoms with E-state index >= 15 is 0 Å². The number of urea groups is 1. The van der Waals surface area contributed by atoms with Gasteiger partial charge in [0.05, 0.1) is 0 Å². The van der Waals surface area contributed by atoms with Crippen LogP contribution in [0.25, 0.3) is 0 Å². The van der Waals surface area contributed by atoms with Crippen LogP contribution in [0.4, 0.5) is 4.79 Å². The minimum Gasteiger partial charge on any atom is -0.479 e. The third-order valence-electron chi connectivity index (χ3n) is 3.48. The maximum atomic E-state index is 12.0. The van der Waals surface area contributed by atoms with Crippen LogP contribution in [0.5, 0.6) is 0 Å². The number of hydrogen-bond acceptors (Lipinski definition) is 2. The van der Waals surface area contributed by atoms with E-state index in [1.165, 1.54) is 6.92 Å². The zero-order valence-corrected chi connectivity index (χ0v) is 12.4. The zero-order chi connectivity index (χ0) is 15.4. The molecular formula is C15H22N2O3. The molecule has 0 bridgehead atoms. The molecule has 1 aromatic rings. The van der Waals surface area contributed by atoms with Gasteiger partial charge in [0.25, 0.3) is 0 Å². The molecule has 0 radical (unpaired) electrons. The fourth-order valence-corrected chi connectivity index (χ4v) is 1.67. The Balaban J connectivity index is 2.94. The summed E-state index contributed by atoms with van der Waals surface area (Å²) in [5.74, 6) is -1.10. The maximum absolute atomic E-state index is 12.0. The van der Waals surface area contributed by atoms with Crippen LogP contribution in [0.3, 0.4) is 0 Å². The van der Waals surface area contributed by atoms with Crippen LogP contribution in [0.2, 0.25) is 0 Å². The number of hydrogen-bond donors (Lipinski definition) is 3. The predicted octanol–water partition coefficient (Wildman–Crippen LogP) is 2.47. The first-order chi connectivity index (χ1) is 9.21. The van der Waals surface area contributed by atoms with Gasteiger partial charge in [0.2, 0.25) is 0 Å². The number of benzene rings is 1. The first-order valence-corrected chi connectivity index (χ1v) is 6.60. The summed E-state index contributed by atoms with van der Waals surface area (Å²) < 4.78 is 0. The molecule has 20 heavy (non-hydrogen) atoms. The normalized spacial score (nSPS) is 14.2. The Morgan fingerprint density at radius 3 is 2.10 bits per heavy atom. The molecule has 0 aromatic heterocycles. The number of aliphatic carboxylic acids is 1. The summed E-state index contributed by atoms with van der Waals surface area (Å²) in [5, 5.41) is 14.8. The van der Waals surface area contributed by atoms with Crippen molar-refractivity contribution in [1.29, 1.82) is 0 Å². The molecule has 0 fully saturated rings. The number of carboxylic acid groups (broad SMARTS) is 1. The Morgan fingerprint density at radius 1 is 1.10 bits per heavy atom. The van der Waals surface area contributed by atoms with Crippen molar-refractivity contribution in [2.75, 3.05) is 0 Å².